The molecule has 2 N–H and O–H groups in total. The van der Waals surface area contributed by atoms with Crippen molar-refractivity contribution in [3.63, 3.8) is 0 Å². The Kier molecular flexibility index (Phi) is 3.35. The summed E-state index contributed by atoms with van der Waals surface area (Å²) < 4.78 is 1.65. The summed E-state index contributed by atoms with van der Waals surface area (Å²) in [6.07, 6.45) is 4.53. The highest BCUT2D eigenvalue weighted by molar-refractivity contribution is 5.85. The van der Waals surface area contributed by atoms with Crippen LogP contribution in [0.1, 0.15) is 23.2 Å². The summed E-state index contributed by atoms with van der Waals surface area (Å²) in [4.78, 5) is 19.1. The van der Waals surface area contributed by atoms with E-state index in [1.165, 1.54) is 6.20 Å². The fourth-order valence-corrected chi connectivity index (χ4v) is 2.43. The average Bonchev–Trinajstić information content (AvgIpc) is 3.32. The van der Waals surface area contributed by atoms with E-state index in [0.29, 0.717) is 28.8 Å². The summed E-state index contributed by atoms with van der Waals surface area (Å²) in [5.41, 5.74) is 2.36. The van der Waals surface area contributed by atoms with Gasteiger partial charge in [-0.15, -0.1) is 0 Å². The Balaban J connectivity index is 1.73. The first-order valence-corrected chi connectivity index (χ1v) is 7.62. The minimum atomic E-state index is 0.445. The number of hydrogen-bond donors (Lipinski definition) is 2. The van der Waals surface area contributed by atoms with E-state index in [1.54, 1.807) is 16.6 Å². The van der Waals surface area contributed by atoms with Crippen LogP contribution in [0.5, 0.6) is 0 Å². The van der Waals surface area contributed by atoms with Gasteiger partial charge in [-0.3, -0.25) is 4.79 Å². The van der Waals surface area contributed by atoms with Gasteiger partial charge in [0, 0.05) is 17.8 Å². The predicted molar refractivity (Wildman–Crippen MR) is 91.0 cm³/mol. The van der Waals surface area contributed by atoms with Crippen molar-refractivity contribution in [2.75, 3.05) is 10.6 Å². The number of carbonyl (C=O) groups excluding carboxylic acids is 1. The molecule has 0 unspecified atom stereocenters. The van der Waals surface area contributed by atoms with E-state index >= 15 is 0 Å². The van der Waals surface area contributed by atoms with Crippen molar-refractivity contribution in [3.05, 3.63) is 53.5 Å². The van der Waals surface area contributed by atoms with Crippen LogP contribution in [0.15, 0.2) is 36.5 Å². The Labute approximate surface area is 138 Å². The van der Waals surface area contributed by atoms with Crippen molar-refractivity contribution < 1.29 is 4.79 Å². The summed E-state index contributed by atoms with van der Waals surface area (Å²) in [5.74, 6) is 1.42. The molecule has 1 aromatic carbocycles. The minimum absolute atomic E-state index is 0.445. The number of anilines is 3. The second-order valence-electron chi connectivity index (χ2n) is 5.68. The molecular formula is C17H14N6O. The molecule has 0 spiro atoms. The van der Waals surface area contributed by atoms with Crippen LogP contribution >= 0.6 is 0 Å². The van der Waals surface area contributed by atoms with Gasteiger partial charge in [-0.1, -0.05) is 12.1 Å². The molecule has 1 saturated carbocycles. The van der Waals surface area contributed by atoms with E-state index in [2.05, 4.69) is 25.6 Å². The number of fused-ring (bicyclic) bond motifs is 1. The number of benzene rings is 1. The molecule has 0 radical (unpaired) electrons. The van der Waals surface area contributed by atoms with Gasteiger partial charge in [-0.25, -0.2) is 9.83 Å². The molecule has 4 rings (SSSR count). The van der Waals surface area contributed by atoms with Crippen molar-refractivity contribution >= 4 is 34.9 Å². The van der Waals surface area contributed by atoms with Crippen LogP contribution in [0.25, 0.3) is 10.5 Å². The molecule has 0 atom stereocenters. The molecule has 7 nitrogen and oxygen atoms in total. The Hall–Kier alpha value is -3.40. The van der Waals surface area contributed by atoms with Gasteiger partial charge in [0.25, 0.3) is 0 Å². The fourth-order valence-electron chi connectivity index (χ4n) is 2.43. The molecule has 1 aliphatic carbocycles. The molecule has 2 aromatic heterocycles. The smallest absolute Gasteiger partial charge is 0.187 e. The fraction of sp³-hybridized carbons (Fsp3) is 0.176. The zero-order valence-electron chi connectivity index (χ0n) is 12.7. The molecule has 0 aliphatic heterocycles. The average molecular weight is 318 g/mol. The maximum atomic E-state index is 11.2. The summed E-state index contributed by atoms with van der Waals surface area (Å²) in [6, 6.07) is 9.45. The zero-order valence-corrected chi connectivity index (χ0v) is 12.7. The summed E-state index contributed by atoms with van der Waals surface area (Å²) in [7, 11) is 0. The van der Waals surface area contributed by atoms with Crippen LogP contribution in [0.4, 0.5) is 23.0 Å². The molecule has 0 amide bonds. The number of nitrogens with zero attached hydrogens (tertiary/aromatic N) is 4. The third kappa shape index (κ3) is 2.65. The first-order valence-electron chi connectivity index (χ1n) is 7.62. The van der Waals surface area contributed by atoms with Crippen LogP contribution in [0.2, 0.25) is 0 Å². The van der Waals surface area contributed by atoms with E-state index in [4.69, 9.17) is 6.57 Å². The monoisotopic (exact) mass is 318 g/mol. The van der Waals surface area contributed by atoms with Crippen molar-refractivity contribution in [1.82, 2.24) is 14.6 Å². The number of aldehydes is 1. The van der Waals surface area contributed by atoms with Gasteiger partial charge in [-0.05, 0) is 25.0 Å². The van der Waals surface area contributed by atoms with Gasteiger partial charge in [0.15, 0.2) is 17.6 Å². The van der Waals surface area contributed by atoms with Crippen LogP contribution in [0, 0.1) is 6.57 Å². The lowest BCUT2D eigenvalue weighted by molar-refractivity contribution is 0.112. The van der Waals surface area contributed by atoms with Crippen molar-refractivity contribution in [3.8, 4) is 0 Å². The number of rotatable bonds is 5. The lowest BCUT2D eigenvalue weighted by Gasteiger charge is -2.11. The Morgan fingerprint density at radius 3 is 2.75 bits per heavy atom. The molecule has 24 heavy (non-hydrogen) atoms. The largest absolute Gasteiger partial charge is 0.367 e. The minimum Gasteiger partial charge on any atom is -0.367 e. The first-order chi connectivity index (χ1) is 11.8. The summed E-state index contributed by atoms with van der Waals surface area (Å²) in [5, 5.41) is 10.9. The normalized spacial score (nSPS) is 13.5. The Morgan fingerprint density at radius 2 is 2.08 bits per heavy atom. The van der Waals surface area contributed by atoms with Gasteiger partial charge in [-0.2, -0.15) is 9.61 Å². The highest BCUT2D eigenvalue weighted by atomic mass is 16.1. The van der Waals surface area contributed by atoms with Gasteiger partial charge in [0.1, 0.15) is 11.6 Å². The maximum absolute atomic E-state index is 11.2. The quantitative estimate of drug-likeness (QED) is 0.557. The van der Waals surface area contributed by atoms with Gasteiger partial charge < -0.3 is 10.6 Å². The van der Waals surface area contributed by atoms with Crippen LogP contribution in [-0.2, 0) is 0 Å². The van der Waals surface area contributed by atoms with E-state index in [-0.39, 0.29) is 0 Å². The van der Waals surface area contributed by atoms with Gasteiger partial charge >= 0.3 is 0 Å². The van der Waals surface area contributed by atoms with E-state index in [0.717, 1.165) is 30.6 Å². The predicted octanol–water partition coefficient (Wildman–Crippen LogP) is 3.41. The van der Waals surface area contributed by atoms with Crippen molar-refractivity contribution in [1.29, 1.82) is 0 Å². The lowest BCUT2D eigenvalue weighted by atomic mass is 10.3. The molecule has 2 heterocycles. The molecule has 118 valence electrons. The molecule has 3 aromatic rings. The first kappa shape index (κ1) is 14.2. The molecule has 0 saturated heterocycles. The van der Waals surface area contributed by atoms with Crippen LogP contribution in [0.3, 0.4) is 0 Å². The van der Waals surface area contributed by atoms with Crippen molar-refractivity contribution in [2.24, 2.45) is 0 Å². The number of hydrogen-bond acceptors (Lipinski definition) is 5. The van der Waals surface area contributed by atoms with E-state index < -0.39 is 0 Å². The van der Waals surface area contributed by atoms with Gasteiger partial charge in [0.05, 0.1) is 18.3 Å². The van der Waals surface area contributed by atoms with E-state index in [1.807, 2.05) is 18.2 Å². The highest BCUT2D eigenvalue weighted by Crippen LogP contribution is 2.28. The Morgan fingerprint density at radius 1 is 1.29 bits per heavy atom. The summed E-state index contributed by atoms with van der Waals surface area (Å²) in [6.45, 7) is 6.99. The molecule has 7 heteroatoms. The lowest BCUT2D eigenvalue weighted by Crippen LogP contribution is -2.09. The highest BCUT2D eigenvalue weighted by Gasteiger charge is 2.23. The Bertz CT molecular complexity index is 950. The van der Waals surface area contributed by atoms with Crippen LogP contribution < -0.4 is 10.6 Å². The second kappa shape index (κ2) is 5.66. The topological polar surface area (TPSA) is 75.7 Å². The van der Waals surface area contributed by atoms with Gasteiger partial charge in [0.2, 0.25) is 0 Å². The number of aromatic nitrogens is 3. The molecule has 1 fully saturated rings. The molecular weight excluding hydrogens is 304 g/mol. The molecule has 1 aliphatic rings. The van der Waals surface area contributed by atoms with E-state index in [9.17, 15) is 4.79 Å². The third-order valence-corrected chi connectivity index (χ3v) is 3.82. The number of nitrogens with one attached hydrogen (secondary N) is 2. The SMILES string of the molecule is [C-]#[N+]c1ccc(Nc2cc(NC3CC3)n3ncc(C=O)c3n2)cc1. The second-order valence-corrected chi connectivity index (χ2v) is 5.68. The van der Waals surface area contributed by atoms with Crippen LogP contribution in [-0.4, -0.2) is 26.9 Å². The molecule has 0 bridgehead atoms. The summed E-state index contributed by atoms with van der Waals surface area (Å²) >= 11 is 0. The maximum Gasteiger partial charge on any atom is 0.187 e. The zero-order chi connectivity index (χ0) is 16.5. The third-order valence-electron chi connectivity index (χ3n) is 3.82. The van der Waals surface area contributed by atoms with Crippen molar-refractivity contribution in [2.45, 2.75) is 18.9 Å². The standard InChI is InChI=1S/C17H14N6O/c1-18-12-2-4-13(5-3-12)20-15-8-16(21-14-6-7-14)23-17(22-15)11(10-24)9-19-23/h2-5,8-10,14,21H,6-7H2,(H,20,22). The number of carbonyl (C=O) groups is 1.